The molecule has 0 atom stereocenters. The van der Waals surface area contributed by atoms with E-state index in [0.29, 0.717) is 5.56 Å². The fourth-order valence-corrected chi connectivity index (χ4v) is 2.98. The number of carbonyl (C=O) groups is 1. The second kappa shape index (κ2) is 6.29. The molecule has 0 heterocycles. The van der Waals surface area contributed by atoms with Crippen molar-refractivity contribution in [2.45, 2.75) is 0 Å². The average molecular weight is 413 g/mol. The Morgan fingerprint density at radius 3 is 2.50 bits per heavy atom. The number of rotatable bonds is 3. The molecule has 0 aromatic heterocycles. The second-order valence-electron chi connectivity index (χ2n) is 3.73. The Balaban J connectivity index is 2.19. The molecule has 0 fully saturated rings. The first kappa shape index (κ1) is 13.5. The summed E-state index contributed by atoms with van der Waals surface area (Å²) in [7, 11) is 0. The molecule has 3 heteroatoms. The van der Waals surface area contributed by atoms with Gasteiger partial charge in [0, 0.05) is 13.6 Å². The molecular formula is C15H10BrIO. The molecule has 0 N–H and O–H groups in total. The SMILES string of the molecule is O=C(/C=C/c1ccc(Br)cc1I)c1ccccc1. The molecule has 0 unspecified atom stereocenters. The maximum Gasteiger partial charge on any atom is 0.185 e. The van der Waals surface area contributed by atoms with Crippen molar-refractivity contribution in [1.29, 1.82) is 0 Å². The molecule has 0 amide bonds. The lowest BCUT2D eigenvalue weighted by Gasteiger charge is -1.99. The number of ketones is 1. The Morgan fingerprint density at radius 2 is 1.83 bits per heavy atom. The van der Waals surface area contributed by atoms with Gasteiger partial charge in [0.15, 0.2) is 5.78 Å². The molecule has 2 aromatic carbocycles. The summed E-state index contributed by atoms with van der Waals surface area (Å²) in [6, 6.07) is 15.2. The maximum atomic E-state index is 11.9. The summed E-state index contributed by atoms with van der Waals surface area (Å²) >= 11 is 5.67. The second-order valence-corrected chi connectivity index (χ2v) is 5.81. The van der Waals surface area contributed by atoms with Crippen molar-refractivity contribution in [2.75, 3.05) is 0 Å². The van der Waals surface area contributed by atoms with Crippen molar-refractivity contribution in [3.63, 3.8) is 0 Å². The van der Waals surface area contributed by atoms with Crippen LogP contribution in [-0.2, 0) is 0 Å². The van der Waals surface area contributed by atoms with E-state index in [1.807, 2.05) is 54.6 Å². The Bertz CT molecular complexity index is 591. The lowest BCUT2D eigenvalue weighted by Crippen LogP contribution is -1.93. The van der Waals surface area contributed by atoms with E-state index in [1.165, 1.54) is 0 Å². The molecule has 1 nitrogen and oxygen atoms in total. The van der Waals surface area contributed by atoms with Crippen LogP contribution in [0, 0.1) is 3.57 Å². The van der Waals surface area contributed by atoms with Gasteiger partial charge >= 0.3 is 0 Å². The van der Waals surface area contributed by atoms with E-state index in [2.05, 4.69) is 38.5 Å². The Kier molecular flexibility index (Phi) is 4.72. The molecule has 2 rings (SSSR count). The molecule has 0 bridgehead atoms. The van der Waals surface area contributed by atoms with Crippen LogP contribution in [0.3, 0.4) is 0 Å². The third kappa shape index (κ3) is 3.53. The number of carbonyl (C=O) groups excluding carboxylic acids is 1. The molecule has 0 saturated heterocycles. The van der Waals surface area contributed by atoms with Gasteiger partial charge < -0.3 is 0 Å². The zero-order chi connectivity index (χ0) is 13.0. The number of halogens is 2. The van der Waals surface area contributed by atoms with Crippen LogP contribution >= 0.6 is 38.5 Å². The maximum absolute atomic E-state index is 11.9. The number of hydrogen-bond donors (Lipinski definition) is 0. The van der Waals surface area contributed by atoms with E-state index in [0.717, 1.165) is 13.6 Å². The lowest BCUT2D eigenvalue weighted by molar-refractivity contribution is 0.104. The van der Waals surface area contributed by atoms with Crippen molar-refractivity contribution in [1.82, 2.24) is 0 Å². The van der Waals surface area contributed by atoms with Crippen LogP contribution in [-0.4, -0.2) is 5.78 Å². The molecule has 0 aliphatic heterocycles. The van der Waals surface area contributed by atoms with Crippen molar-refractivity contribution >= 4 is 50.4 Å². The highest BCUT2D eigenvalue weighted by molar-refractivity contribution is 14.1. The largest absolute Gasteiger partial charge is 0.289 e. The van der Waals surface area contributed by atoms with Gasteiger partial charge in [-0.2, -0.15) is 0 Å². The van der Waals surface area contributed by atoms with Gasteiger partial charge in [-0.05, 0) is 46.4 Å². The Labute approximate surface area is 128 Å². The quantitative estimate of drug-likeness (QED) is 0.396. The van der Waals surface area contributed by atoms with Gasteiger partial charge in [-0.25, -0.2) is 0 Å². The Morgan fingerprint density at radius 1 is 1.11 bits per heavy atom. The highest BCUT2D eigenvalue weighted by Crippen LogP contribution is 2.19. The summed E-state index contributed by atoms with van der Waals surface area (Å²) in [6.07, 6.45) is 3.46. The smallest absolute Gasteiger partial charge is 0.185 e. The molecule has 90 valence electrons. The summed E-state index contributed by atoms with van der Waals surface area (Å²) in [6.45, 7) is 0. The first-order valence-corrected chi connectivity index (χ1v) is 7.26. The molecule has 0 aliphatic rings. The van der Waals surface area contributed by atoms with Gasteiger partial charge in [0.1, 0.15) is 0 Å². The van der Waals surface area contributed by atoms with Crippen LogP contribution in [0.4, 0.5) is 0 Å². The van der Waals surface area contributed by atoms with E-state index in [-0.39, 0.29) is 5.78 Å². The molecule has 2 aromatic rings. The molecule has 0 aliphatic carbocycles. The van der Waals surface area contributed by atoms with Gasteiger partial charge in [0.05, 0.1) is 0 Å². The van der Waals surface area contributed by atoms with Crippen LogP contribution in [0.2, 0.25) is 0 Å². The highest BCUT2D eigenvalue weighted by atomic mass is 127. The molecule has 0 saturated carbocycles. The van der Waals surface area contributed by atoms with Crippen molar-refractivity contribution in [2.24, 2.45) is 0 Å². The molecule has 18 heavy (non-hydrogen) atoms. The minimum absolute atomic E-state index is 0.0225. The molecular weight excluding hydrogens is 403 g/mol. The number of allylic oxidation sites excluding steroid dienone is 1. The third-order valence-corrected chi connectivity index (χ3v) is 3.86. The summed E-state index contributed by atoms with van der Waals surface area (Å²) in [5.74, 6) is 0.0225. The first-order valence-electron chi connectivity index (χ1n) is 5.39. The van der Waals surface area contributed by atoms with E-state index < -0.39 is 0 Å². The average Bonchev–Trinajstić information content (AvgIpc) is 2.38. The minimum atomic E-state index is 0.0225. The van der Waals surface area contributed by atoms with Crippen LogP contribution in [0.25, 0.3) is 6.08 Å². The molecule has 0 radical (unpaired) electrons. The normalized spacial score (nSPS) is 10.8. The van der Waals surface area contributed by atoms with Gasteiger partial charge in [0.2, 0.25) is 0 Å². The fraction of sp³-hybridized carbons (Fsp3) is 0. The lowest BCUT2D eigenvalue weighted by atomic mass is 10.1. The summed E-state index contributed by atoms with van der Waals surface area (Å²) in [4.78, 5) is 11.9. The fourth-order valence-electron chi connectivity index (χ4n) is 1.50. The molecule has 0 spiro atoms. The van der Waals surface area contributed by atoms with Crippen LogP contribution < -0.4 is 0 Å². The van der Waals surface area contributed by atoms with Gasteiger partial charge in [-0.15, -0.1) is 0 Å². The van der Waals surface area contributed by atoms with Crippen LogP contribution in [0.1, 0.15) is 15.9 Å². The van der Waals surface area contributed by atoms with Crippen molar-refractivity contribution < 1.29 is 4.79 Å². The highest BCUT2D eigenvalue weighted by Gasteiger charge is 2.01. The first-order chi connectivity index (χ1) is 8.66. The van der Waals surface area contributed by atoms with E-state index >= 15 is 0 Å². The zero-order valence-corrected chi connectivity index (χ0v) is 13.2. The standard InChI is InChI=1S/C15H10BrIO/c16-13-8-6-11(14(17)10-13)7-9-15(18)12-4-2-1-3-5-12/h1-10H/b9-7+. The third-order valence-electron chi connectivity index (χ3n) is 2.44. The summed E-state index contributed by atoms with van der Waals surface area (Å²) < 4.78 is 2.15. The predicted octanol–water partition coefficient (Wildman–Crippen LogP) is 4.95. The number of hydrogen-bond acceptors (Lipinski definition) is 1. The van der Waals surface area contributed by atoms with Gasteiger partial charge in [0.25, 0.3) is 0 Å². The summed E-state index contributed by atoms with van der Waals surface area (Å²) in [5, 5.41) is 0. The topological polar surface area (TPSA) is 17.1 Å². The van der Waals surface area contributed by atoms with E-state index in [4.69, 9.17) is 0 Å². The minimum Gasteiger partial charge on any atom is -0.289 e. The van der Waals surface area contributed by atoms with Crippen LogP contribution in [0.15, 0.2) is 59.1 Å². The summed E-state index contributed by atoms with van der Waals surface area (Å²) in [5.41, 5.74) is 1.75. The van der Waals surface area contributed by atoms with Crippen molar-refractivity contribution in [3.8, 4) is 0 Å². The number of benzene rings is 2. The Hall–Kier alpha value is -0.940. The monoisotopic (exact) mass is 412 g/mol. The van der Waals surface area contributed by atoms with E-state index in [1.54, 1.807) is 6.08 Å². The van der Waals surface area contributed by atoms with Gasteiger partial charge in [-0.1, -0.05) is 58.4 Å². The van der Waals surface area contributed by atoms with Crippen LogP contribution in [0.5, 0.6) is 0 Å². The predicted molar refractivity (Wildman–Crippen MR) is 86.7 cm³/mol. The van der Waals surface area contributed by atoms with E-state index in [9.17, 15) is 4.79 Å². The van der Waals surface area contributed by atoms with Gasteiger partial charge in [-0.3, -0.25) is 4.79 Å². The zero-order valence-electron chi connectivity index (χ0n) is 9.44. The van der Waals surface area contributed by atoms with Crippen molar-refractivity contribution in [3.05, 3.63) is 73.8 Å².